The Labute approximate surface area is 123 Å². The van der Waals surface area contributed by atoms with Crippen molar-refractivity contribution in [1.82, 2.24) is 10.6 Å². The molecule has 1 aromatic carbocycles. The van der Waals surface area contributed by atoms with Gasteiger partial charge < -0.3 is 5.32 Å². The first-order chi connectivity index (χ1) is 10.0. The molecule has 1 saturated heterocycles. The zero-order chi connectivity index (χ0) is 14.9. The minimum Gasteiger partial charge on any atom is -0.354 e. The molecule has 0 spiro atoms. The van der Waals surface area contributed by atoms with Gasteiger partial charge in [-0.15, -0.1) is 0 Å². The highest BCUT2D eigenvalue weighted by molar-refractivity contribution is 5.82. The molecular formula is C16H20F2N2O. The number of amides is 1. The van der Waals surface area contributed by atoms with Crippen molar-refractivity contribution in [3.63, 3.8) is 0 Å². The average molecular weight is 294 g/mol. The lowest BCUT2D eigenvalue weighted by Gasteiger charge is -2.42. The van der Waals surface area contributed by atoms with E-state index in [1.165, 1.54) is 5.56 Å². The highest BCUT2D eigenvalue weighted by atomic mass is 19.3. The summed E-state index contributed by atoms with van der Waals surface area (Å²) in [5.41, 5.74) is 1.21. The molecule has 114 valence electrons. The number of hydrogen-bond acceptors (Lipinski definition) is 2. The SMILES string of the molecule is O=C(NCC1(c2ccccc2)CCC1)C1CC(F)(F)CN1. The Hall–Kier alpha value is -1.49. The second-order valence-electron chi connectivity index (χ2n) is 6.21. The molecule has 2 N–H and O–H groups in total. The van der Waals surface area contributed by atoms with Gasteiger partial charge in [0.2, 0.25) is 5.91 Å². The first-order valence-electron chi connectivity index (χ1n) is 7.45. The molecule has 1 saturated carbocycles. The molecule has 1 atom stereocenters. The van der Waals surface area contributed by atoms with Crippen LogP contribution in [-0.2, 0) is 10.2 Å². The molecule has 1 heterocycles. The zero-order valence-electron chi connectivity index (χ0n) is 11.9. The molecular weight excluding hydrogens is 274 g/mol. The Balaban J connectivity index is 1.60. The highest BCUT2D eigenvalue weighted by Crippen LogP contribution is 2.43. The van der Waals surface area contributed by atoms with Crippen molar-refractivity contribution < 1.29 is 13.6 Å². The number of nitrogens with one attached hydrogen (secondary N) is 2. The van der Waals surface area contributed by atoms with Crippen LogP contribution in [0, 0.1) is 0 Å². The Morgan fingerprint density at radius 3 is 2.52 bits per heavy atom. The molecule has 21 heavy (non-hydrogen) atoms. The van der Waals surface area contributed by atoms with E-state index >= 15 is 0 Å². The van der Waals surface area contributed by atoms with E-state index in [1.807, 2.05) is 18.2 Å². The van der Waals surface area contributed by atoms with E-state index < -0.39 is 24.9 Å². The molecule has 2 fully saturated rings. The van der Waals surface area contributed by atoms with E-state index in [1.54, 1.807) is 0 Å². The van der Waals surface area contributed by atoms with Gasteiger partial charge in [0.25, 0.3) is 5.92 Å². The van der Waals surface area contributed by atoms with E-state index in [0.29, 0.717) is 6.54 Å². The third-order valence-corrected chi connectivity index (χ3v) is 4.72. The van der Waals surface area contributed by atoms with Crippen molar-refractivity contribution in [3.8, 4) is 0 Å². The number of alkyl halides is 2. The second-order valence-corrected chi connectivity index (χ2v) is 6.21. The van der Waals surface area contributed by atoms with E-state index in [4.69, 9.17) is 0 Å². The van der Waals surface area contributed by atoms with Crippen LogP contribution < -0.4 is 10.6 Å². The minimum absolute atomic E-state index is 0.0158. The number of carbonyl (C=O) groups excluding carboxylic acids is 1. The fourth-order valence-corrected chi connectivity index (χ4v) is 3.24. The number of halogens is 2. The average Bonchev–Trinajstić information content (AvgIpc) is 2.79. The fourth-order valence-electron chi connectivity index (χ4n) is 3.24. The summed E-state index contributed by atoms with van der Waals surface area (Å²) in [5, 5.41) is 5.47. The van der Waals surface area contributed by atoms with Crippen LogP contribution in [0.4, 0.5) is 8.78 Å². The predicted molar refractivity (Wildman–Crippen MR) is 76.3 cm³/mol. The second kappa shape index (κ2) is 5.37. The summed E-state index contributed by atoms with van der Waals surface area (Å²) in [6, 6.07) is 9.35. The molecule has 3 nitrogen and oxygen atoms in total. The van der Waals surface area contributed by atoms with Crippen LogP contribution in [-0.4, -0.2) is 31.0 Å². The molecule has 1 amide bonds. The van der Waals surface area contributed by atoms with Crippen molar-refractivity contribution in [2.24, 2.45) is 0 Å². The van der Waals surface area contributed by atoms with Gasteiger partial charge in [-0.2, -0.15) is 0 Å². The van der Waals surface area contributed by atoms with Crippen LogP contribution in [0.1, 0.15) is 31.2 Å². The molecule has 5 heteroatoms. The van der Waals surface area contributed by atoms with Crippen molar-refractivity contribution in [2.75, 3.05) is 13.1 Å². The number of hydrogen-bond donors (Lipinski definition) is 2. The highest BCUT2D eigenvalue weighted by Gasteiger charge is 2.43. The Kier molecular flexibility index (Phi) is 3.69. The summed E-state index contributed by atoms with van der Waals surface area (Å²) < 4.78 is 26.3. The standard InChI is InChI=1S/C16H20F2N2O/c17-16(18)9-13(19-11-16)14(21)20-10-15(7-4-8-15)12-5-2-1-3-6-12/h1-3,5-6,13,19H,4,7-11H2,(H,20,21). The molecule has 1 aliphatic heterocycles. The van der Waals surface area contributed by atoms with Crippen molar-refractivity contribution in [2.45, 2.75) is 43.1 Å². The fraction of sp³-hybridized carbons (Fsp3) is 0.562. The van der Waals surface area contributed by atoms with Gasteiger partial charge in [-0.3, -0.25) is 10.1 Å². The van der Waals surface area contributed by atoms with Gasteiger partial charge >= 0.3 is 0 Å². The molecule has 1 aliphatic carbocycles. The predicted octanol–water partition coefficient (Wildman–Crippen LogP) is 2.22. The first kappa shape index (κ1) is 14.4. The lowest BCUT2D eigenvalue weighted by Crippen LogP contribution is -2.49. The minimum atomic E-state index is -2.77. The van der Waals surface area contributed by atoms with Gasteiger partial charge in [-0.05, 0) is 18.4 Å². The van der Waals surface area contributed by atoms with E-state index in [9.17, 15) is 13.6 Å². The van der Waals surface area contributed by atoms with Crippen LogP contribution in [0.5, 0.6) is 0 Å². The third kappa shape index (κ3) is 2.93. The number of rotatable bonds is 4. The lowest BCUT2D eigenvalue weighted by atomic mass is 9.64. The molecule has 3 rings (SSSR count). The van der Waals surface area contributed by atoms with Gasteiger partial charge in [0, 0.05) is 18.4 Å². The molecule has 2 aliphatic rings. The van der Waals surface area contributed by atoms with Crippen LogP contribution in [0.25, 0.3) is 0 Å². The molecule has 1 aromatic rings. The zero-order valence-corrected chi connectivity index (χ0v) is 11.9. The van der Waals surface area contributed by atoms with Crippen molar-refractivity contribution in [1.29, 1.82) is 0 Å². The molecule has 0 aromatic heterocycles. The van der Waals surface area contributed by atoms with Crippen LogP contribution >= 0.6 is 0 Å². The van der Waals surface area contributed by atoms with Crippen molar-refractivity contribution in [3.05, 3.63) is 35.9 Å². The van der Waals surface area contributed by atoms with Crippen LogP contribution in [0.3, 0.4) is 0 Å². The maximum Gasteiger partial charge on any atom is 0.262 e. The van der Waals surface area contributed by atoms with Gasteiger partial charge in [-0.1, -0.05) is 36.8 Å². The summed E-state index contributed by atoms with van der Waals surface area (Å²) >= 11 is 0. The number of benzene rings is 1. The first-order valence-corrected chi connectivity index (χ1v) is 7.45. The summed E-state index contributed by atoms with van der Waals surface area (Å²) in [6.07, 6.45) is 2.80. The molecule has 0 bridgehead atoms. The Bertz CT molecular complexity index is 514. The van der Waals surface area contributed by atoms with E-state index in [-0.39, 0.29) is 11.3 Å². The maximum atomic E-state index is 13.1. The summed E-state index contributed by atoms with van der Waals surface area (Å²) in [5.74, 6) is -3.08. The summed E-state index contributed by atoms with van der Waals surface area (Å²) in [6.45, 7) is 0.120. The monoisotopic (exact) mass is 294 g/mol. The topological polar surface area (TPSA) is 41.1 Å². The van der Waals surface area contributed by atoms with Gasteiger partial charge in [0.05, 0.1) is 12.6 Å². The van der Waals surface area contributed by atoms with Crippen LogP contribution in [0.2, 0.25) is 0 Å². The van der Waals surface area contributed by atoms with E-state index in [2.05, 4.69) is 22.8 Å². The van der Waals surface area contributed by atoms with Gasteiger partial charge in [-0.25, -0.2) is 8.78 Å². The summed E-state index contributed by atoms with van der Waals surface area (Å²) in [4.78, 5) is 12.0. The molecule has 1 unspecified atom stereocenters. The maximum absolute atomic E-state index is 13.1. The lowest BCUT2D eigenvalue weighted by molar-refractivity contribution is -0.123. The smallest absolute Gasteiger partial charge is 0.262 e. The van der Waals surface area contributed by atoms with Crippen molar-refractivity contribution >= 4 is 5.91 Å². The van der Waals surface area contributed by atoms with Crippen LogP contribution in [0.15, 0.2) is 30.3 Å². The third-order valence-electron chi connectivity index (χ3n) is 4.72. The Morgan fingerprint density at radius 2 is 2.00 bits per heavy atom. The largest absolute Gasteiger partial charge is 0.354 e. The Morgan fingerprint density at radius 1 is 1.29 bits per heavy atom. The normalized spacial score (nSPS) is 26.1. The van der Waals surface area contributed by atoms with Gasteiger partial charge in [0.15, 0.2) is 0 Å². The quantitative estimate of drug-likeness (QED) is 0.894. The summed E-state index contributed by atoms with van der Waals surface area (Å²) in [7, 11) is 0. The molecule has 0 radical (unpaired) electrons. The van der Waals surface area contributed by atoms with Gasteiger partial charge in [0.1, 0.15) is 0 Å². The van der Waals surface area contributed by atoms with E-state index in [0.717, 1.165) is 19.3 Å². The number of carbonyl (C=O) groups is 1.